The van der Waals surface area contributed by atoms with Crippen LogP contribution in [-0.4, -0.2) is 19.4 Å². The summed E-state index contributed by atoms with van der Waals surface area (Å²) in [5.41, 5.74) is -0.183. The van der Waals surface area contributed by atoms with Crippen LogP contribution < -0.4 is 5.32 Å². The van der Waals surface area contributed by atoms with Crippen LogP contribution in [-0.2, 0) is 0 Å². The van der Waals surface area contributed by atoms with Gasteiger partial charge in [0.15, 0.2) is 5.78 Å². The van der Waals surface area contributed by atoms with Crippen molar-refractivity contribution in [3.05, 3.63) is 35.4 Å². The van der Waals surface area contributed by atoms with Crippen LogP contribution >= 0.6 is 0 Å². The summed E-state index contributed by atoms with van der Waals surface area (Å²) in [7, 11) is 1.70. The van der Waals surface area contributed by atoms with E-state index in [4.69, 9.17) is 0 Å². The lowest BCUT2D eigenvalue weighted by molar-refractivity contribution is 0.0925. The Morgan fingerprint density at radius 2 is 2.13 bits per heavy atom. The summed E-state index contributed by atoms with van der Waals surface area (Å²) in [4.78, 5) is 11.7. The lowest BCUT2D eigenvalue weighted by Crippen LogP contribution is -2.24. The highest BCUT2D eigenvalue weighted by Gasteiger charge is 2.18. The first-order valence-electron chi connectivity index (χ1n) is 4.70. The largest absolute Gasteiger partial charge is 0.319 e. The van der Waals surface area contributed by atoms with Gasteiger partial charge in [0, 0.05) is 12.5 Å². The molecule has 0 bridgehead atoms. The first kappa shape index (κ1) is 11.8. The van der Waals surface area contributed by atoms with Crippen LogP contribution in [0.4, 0.5) is 8.78 Å². The van der Waals surface area contributed by atoms with E-state index in [-0.39, 0.29) is 17.3 Å². The molecule has 0 saturated carbocycles. The predicted molar refractivity (Wildman–Crippen MR) is 53.8 cm³/mol. The van der Waals surface area contributed by atoms with Gasteiger partial charge in [-0.05, 0) is 25.2 Å². The van der Waals surface area contributed by atoms with Crippen LogP contribution in [0.2, 0.25) is 0 Å². The highest BCUT2D eigenvalue weighted by molar-refractivity contribution is 5.98. The van der Waals surface area contributed by atoms with E-state index in [9.17, 15) is 13.6 Å². The van der Waals surface area contributed by atoms with Gasteiger partial charge in [-0.2, -0.15) is 0 Å². The number of halogens is 2. The molecule has 1 aromatic rings. The number of Topliss-reactive ketones (excluding diaryl/α,β-unsaturated/α-hetero) is 1. The van der Waals surface area contributed by atoms with E-state index in [0.717, 1.165) is 18.2 Å². The molecule has 0 spiro atoms. The summed E-state index contributed by atoms with van der Waals surface area (Å²) in [6.45, 7) is 2.11. The molecule has 1 rings (SSSR count). The summed E-state index contributed by atoms with van der Waals surface area (Å²) in [5, 5.41) is 2.82. The fourth-order valence-electron chi connectivity index (χ4n) is 1.35. The highest BCUT2D eigenvalue weighted by atomic mass is 19.1. The lowest BCUT2D eigenvalue weighted by Gasteiger charge is -2.10. The van der Waals surface area contributed by atoms with Crippen molar-refractivity contribution in [2.45, 2.75) is 6.92 Å². The third-order valence-electron chi connectivity index (χ3n) is 2.15. The van der Waals surface area contributed by atoms with Gasteiger partial charge in [-0.25, -0.2) is 8.78 Å². The van der Waals surface area contributed by atoms with Gasteiger partial charge < -0.3 is 5.32 Å². The maximum Gasteiger partial charge on any atom is 0.169 e. The van der Waals surface area contributed by atoms with Crippen molar-refractivity contribution in [1.29, 1.82) is 0 Å². The molecular formula is C11H13F2NO. The van der Waals surface area contributed by atoms with Gasteiger partial charge in [0.05, 0.1) is 5.56 Å². The van der Waals surface area contributed by atoms with E-state index in [2.05, 4.69) is 5.32 Å². The summed E-state index contributed by atoms with van der Waals surface area (Å²) in [6, 6.07) is 2.90. The molecule has 15 heavy (non-hydrogen) atoms. The van der Waals surface area contributed by atoms with E-state index < -0.39 is 11.6 Å². The van der Waals surface area contributed by atoms with Crippen LogP contribution in [0.5, 0.6) is 0 Å². The minimum atomic E-state index is -0.677. The molecule has 0 radical (unpaired) electrons. The molecule has 1 unspecified atom stereocenters. The normalized spacial score (nSPS) is 12.5. The van der Waals surface area contributed by atoms with Gasteiger partial charge >= 0.3 is 0 Å². The maximum absolute atomic E-state index is 13.2. The topological polar surface area (TPSA) is 29.1 Å². The summed E-state index contributed by atoms with van der Waals surface area (Å²) < 4.78 is 26.0. The summed E-state index contributed by atoms with van der Waals surface area (Å²) in [5.74, 6) is -2.03. The molecule has 1 N–H and O–H groups in total. The zero-order valence-electron chi connectivity index (χ0n) is 8.68. The Morgan fingerprint density at radius 3 is 2.73 bits per heavy atom. The molecule has 0 aliphatic carbocycles. The molecule has 0 heterocycles. The number of carbonyl (C=O) groups excluding carboxylic acids is 1. The van der Waals surface area contributed by atoms with Crippen molar-refractivity contribution < 1.29 is 13.6 Å². The number of carbonyl (C=O) groups is 1. The fourth-order valence-corrected chi connectivity index (χ4v) is 1.35. The average molecular weight is 213 g/mol. The number of hydrogen-bond donors (Lipinski definition) is 1. The Bertz CT molecular complexity index is 366. The minimum absolute atomic E-state index is 0.183. The third-order valence-corrected chi connectivity index (χ3v) is 2.15. The zero-order valence-corrected chi connectivity index (χ0v) is 8.68. The Morgan fingerprint density at radius 1 is 1.47 bits per heavy atom. The molecule has 0 aromatic heterocycles. The fraction of sp³-hybridized carbons (Fsp3) is 0.364. The van der Waals surface area contributed by atoms with Gasteiger partial charge in [0.1, 0.15) is 11.6 Å². The Balaban J connectivity index is 2.95. The van der Waals surface area contributed by atoms with Crippen molar-refractivity contribution in [1.82, 2.24) is 5.32 Å². The number of benzene rings is 1. The van der Waals surface area contributed by atoms with Gasteiger partial charge in [0.25, 0.3) is 0 Å². The summed E-state index contributed by atoms with van der Waals surface area (Å²) in [6.07, 6.45) is 0. The second kappa shape index (κ2) is 4.98. The van der Waals surface area contributed by atoms with E-state index in [0.29, 0.717) is 6.54 Å². The molecule has 82 valence electrons. The number of ketones is 1. The molecule has 0 amide bonds. The predicted octanol–water partition coefficient (Wildman–Crippen LogP) is 2.00. The van der Waals surface area contributed by atoms with Gasteiger partial charge in [-0.15, -0.1) is 0 Å². The highest BCUT2D eigenvalue weighted by Crippen LogP contribution is 2.14. The lowest BCUT2D eigenvalue weighted by atomic mass is 9.99. The third kappa shape index (κ3) is 2.83. The first-order valence-corrected chi connectivity index (χ1v) is 4.70. The average Bonchev–Trinajstić information content (AvgIpc) is 2.21. The van der Waals surface area contributed by atoms with Crippen LogP contribution in [0.15, 0.2) is 18.2 Å². The van der Waals surface area contributed by atoms with E-state index in [1.165, 1.54) is 0 Å². The number of rotatable bonds is 4. The molecule has 0 aliphatic heterocycles. The van der Waals surface area contributed by atoms with Crippen LogP contribution in [0.3, 0.4) is 0 Å². The van der Waals surface area contributed by atoms with Gasteiger partial charge in [0.2, 0.25) is 0 Å². The standard InChI is InChI=1S/C11H13F2NO/c1-7(6-14-2)11(15)9-5-8(12)3-4-10(9)13/h3-5,7,14H,6H2,1-2H3. The quantitative estimate of drug-likeness (QED) is 0.775. The Kier molecular flexibility index (Phi) is 3.91. The monoisotopic (exact) mass is 213 g/mol. The van der Waals surface area contributed by atoms with Crippen molar-refractivity contribution >= 4 is 5.78 Å². The van der Waals surface area contributed by atoms with Crippen molar-refractivity contribution in [2.24, 2.45) is 5.92 Å². The van der Waals surface area contributed by atoms with Gasteiger partial charge in [-0.3, -0.25) is 4.79 Å². The molecule has 2 nitrogen and oxygen atoms in total. The second-order valence-corrected chi connectivity index (χ2v) is 3.45. The molecule has 4 heteroatoms. The maximum atomic E-state index is 13.2. The van der Waals surface area contributed by atoms with Crippen LogP contribution in [0, 0.1) is 17.6 Å². The van der Waals surface area contributed by atoms with Crippen molar-refractivity contribution in [2.75, 3.05) is 13.6 Å². The molecular weight excluding hydrogens is 200 g/mol. The first-order chi connectivity index (χ1) is 7.06. The van der Waals surface area contributed by atoms with Crippen LogP contribution in [0.25, 0.3) is 0 Å². The number of hydrogen-bond acceptors (Lipinski definition) is 2. The van der Waals surface area contributed by atoms with Crippen molar-refractivity contribution in [3.63, 3.8) is 0 Å². The minimum Gasteiger partial charge on any atom is -0.319 e. The zero-order chi connectivity index (χ0) is 11.4. The van der Waals surface area contributed by atoms with E-state index in [1.54, 1.807) is 14.0 Å². The second-order valence-electron chi connectivity index (χ2n) is 3.45. The van der Waals surface area contributed by atoms with E-state index >= 15 is 0 Å². The van der Waals surface area contributed by atoms with E-state index in [1.807, 2.05) is 0 Å². The Hall–Kier alpha value is -1.29. The SMILES string of the molecule is CNCC(C)C(=O)c1cc(F)ccc1F. The molecule has 0 aliphatic rings. The summed E-state index contributed by atoms with van der Waals surface area (Å²) >= 11 is 0. The molecule has 1 aromatic carbocycles. The van der Waals surface area contributed by atoms with Crippen molar-refractivity contribution in [3.8, 4) is 0 Å². The van der Waals surface area contributed by atoms with Gasteiger partial charge in [-0.1, -0.05) is 6.92 Å². The molecule has 0 saturated heterocycles. The number of nitrogens with one attached hydrogen (secondary N) is 1. The molecule has 0 fully saturated rings. The Labute approximate surface area is 87.3 Å². The molecule has 1 atom stereocenters. The van der Waals surface area contributed by atoms with Crippen LogP contribution in [0.1, 0.15) is 17.3 Å². The smallest absolute Gasteiger partial charge is 0.169 e.